The number of rotatable bonds is 5. The number of nitrogens with zero attached hydrogens (tertiary/aromatic N) is 6. The van der Waals surface area contributed by atoms with Gasteiger partial charge in [0.25, 0.3) is 0 Å². The van der Waals surface area contributed by atoms with Crippen molar-refractivity contribution >= 4 is 37.8 Å². The Labute approximate surface area is 210 Å². The highest BCUT2D eigenvalue weighted by molar-refractivity contribution is 7.88. The van der Waals surface area contributed by atoms with Gasteiger partial charge in [-0.15, -0.1) is 0 Å². The van der Waals surface area contributed by atoms with Crippen LogP contribution in [0.25, 0.3) is 33.1 Å². The van der Waals surface area contributed by atoms with Gasteiger partial charge >= 0.3 is 0 Å². The zero-order valence-electron chi connectivity index (χ0n) is 20.7. The van der Waals surface area contributed by atoms with Crippen molar-refractivity contribution in [1.82, 2.24) is 33.9 Å². The molecule has 2 fully saturated rings. The van der Waals surface area contributed by atoms with E-state index in [1.54, 1.807) is 10.6 Å². The monoisotopic (exact) mass is 508 g/mol. The molecule has 1 aliphatic heterocycles. The van der Waals surface area contributed by atoms with Gasteiger partial charge in [0.1, 0.15) is 17.8 Å². The molecule has 190 valence electrons. The molecule has 1 saturated carbocycles. The van der Waals surface area contributed by atoms with Crippen LogP contribution in [0.3, 0.4) is 0 Å². The first-order valence-electron chi connectivity index (χ1n) is 12.6. The first-order chi connectivity index (χ1) is 17.3. The number of benzene rings is 1. The van der Waals surface area contributed by atoms with Crippen molar-refractivity contribution in [2.24, 2.45) is 7.05 Å². The lowest BCUT2D eigenvalue weighted by Crippen LogP contribution is -2.52. The first-order valence-corrected chi connectivity index (χ1v) is 14.4. The molecule has 6 rings (SSSR count). The molecule has 1 aromatic carbocycles. The highest BCUT2D eigenvalue weighted by Crippen LogP contribution is 2.34. The predicted molar refractivity (Wildman–Crippen MR) is 141 cm³/mol. The third-order valence-electron chi connectivity index (χ3n) is 7.72. The fourth-order valence-electron chi connectivity index (χ4n) is 5.76. The summed E-state index contributed by atoms with van der Waals surface area (Å²) in [5.41, 5.74) is 4.07. The summed E-state index contributed by atoms with van der Waals surface area (Å²) in [6.45, 7) is 2.82. The SMILES string of the molecule is Cn1cc(-c2ccc3[nH]c4ncnc(N[C@H]5CC[C@H](N6CCN(S(C)(=O)=O)CC6)CC5)c4c3c2)cn1. The molecular formula is C25H32N8O2S. The van der Waals surface area contributed by atoms with Crippen molar-refractivity contribution in [1.29, 1.82) is 0 Å². The molecule has 0 amide bonds. The number of aryl methyl sites for hydroxylation is 1. The summed E-state index contributed by atoms with van der Waals surface area (Å²) >= 11 is 0. The highest BCUT2D eigenvalue weighted by Gasteiger charge is 2.31. The minimum absolute atomic E-state index is 0.350. The average molecular weight is 509 g/mol. The van der Waals surface area contributed by atoms with E-state index in [1.165, 1.54) is 6.26 Å². The quantitative estimate of drug-likeness (QED) is 0.426. The van der Waals surface area contributed by atoms with Crippen LogP contribution in [0.5, 0.6) is 0 Å². The molecule has 0 unspecified atom stereocenters. The normalized spacial score (nSPS) is 22.4. The lowest BCUT2D eigenvalue weighted by Gasteiger charge is -2.41. The summed E-state index contributed by atoms with van der Waals surface area (Å²) in [5, 5.41) is 10.2. The molecule has 0 atom stereocenters. The molecule has 1 saturated heterocycles. The number of fused-ring (bicyclic) bond motifs is 3. The van der Waals surface area contributed by atoms with Gasteiger partial charge in [-0.25, -0.2) is 18.4 Å². The molecule has 4 aromatic rings. The first kappa shape index (κ1) is 23.4. The van der Waals surface area contributed by atoms with E-state index in [0.29, 0.717) is 25.2 Å². The number of hydrogen-bond donors (Lipinski definition) is 2. The molecule has 2 aliphatic rings. The molecule has 10 nitrogen and oxygen atoms in total. The largest absolute Gasteiger partial charge is 0.367 e. The van der Waals surface area contributed by atoms with Crippen molar-refractivity contribution in [2.75, 3.05) is 37.8 Å². The van der Waals surface area contributed by atoms with Crippen molar-refractivity contribution in [2.45, 2.75) is 37.8 Å². The Kier molecular flexibility index (Phi) is 5.93. The van der Waals surface area contributed by atoms with E-state index >= 15 is 0 Å². The summed E-state index contributed by atoms with van der Waals surface area (Å²) in [6, 6.07) is 7.25. The Hall–Kier alpha value is -3.02. The van der Waals surface area contributed by atoms with E-state index in [1.807, 2.05) is 24.1 Å². The minimum Gasteiger partial charge on any atom is -0.367 e. The van der Waals surface area contributed by atoms with E-state index in [9.17, 15) is 8.42 Å². The third-order valence-corrected chi connectivity index (χ3v) is 9.03. The molecule has 2 N–H and O–H groups in total. The average Bonchev–Trinajstić information content (AvgIpc) is 3.47. The molecule has 0 spiro atoms. The lowest BCUT2D eigenvalue weighted by atomic mass is 9.89. The van der Waals surface area contributed by atoms with E-state index < -0.39 is 10.0 Å². The summed E-state index contributed by atoms with van der Waals surface area (Å²) in [6.07, 6.45) is 11.1. The fraction of sp³-hybridized carbons (Fsp3) is 0.480. The van der Waals surface area contributed by atoms with Crippen molar-refractivity contribution in [3.05, 3.63) is 36.9 Å². The third kappa shape index (κ3) is 4.46. The van der Waals surface area contributed by atoms with Crippen molar-refractivity contribution in [3.63, 3.8) is 0 Å². The van der Waals surface area contributed by atoms with E-state index in [4.69, 9.17) is 0 Å². The van der Waals surface area contributed by atoms with Gasteiger partial charge in [0.2, 0.25) is 10.0 Å². The smallest absolute Gasteiger partial charge is 0.211 e. The van der Waals surface area contributed by atoms with Gasteiger partial charge < -0.3 is 10.3 Å². The van der Waals surface area contributed by atoms with Gasteiger partial charge in [0, 0.05) is 68.0 Å². The molecule has 4 heterocycles. The van der Waals surface area contributed by atoms with Gasteiger partial charge in [0.15, 0.2) is 0 Å². The summed E-state index contributed by atoms with van der Waals surface area (Å²) < 4.78 is 27.0. The number of piperazine rings is 1. The number of aromatic amines is 1. The Morgan fingerprint density at radius 3 is 2.50 bits per heavy atom. The summed E-state index contributed by atoms with van der Waals surface area (Å²) in [5.74, 6) is 0.875. The van der Waals surface area contributed by atoms with Crippen LogP contribution in [-0.4, -0.2) is 86.9 Å². The number of hydrogen-bond acceptors (Lipinski definition) is 7. The molecule has 0 bridgehead atoms. The topological polar surface area (TPSA) is 112 Å². The Morgan fingerprint density at radius 2 is 1.81 bits per heavy atom. The van der Waals surface area contributed by atoms with Crippen LogP contribution in [0.15, 0.2) is 36.9 Å². The molecule has 0 radical (unpaired) electrons. The maximum absolute atomic E-state index is 11.8. The van der Waals surface area contributed by atoms with E-state index in [-0.39, 0.29) is 0 Å². The molecular weight excluding hydrogens is 476 g/mol. The Morgan fingerprint density at radius 1 is 1.03 bits per heavy atom. The standard InChI is InChI=1S/C25H32N8O2S/c1-31-15-18(14-28-31)17-3-8-22-21(13-17)23-24(26-16-27-25(23)30-22)29-19-4-6-20(7-5-19)32-9-11-33(12-10-32)36(2,34)35/h3,8,13-16,19-20H,4-7,9-12H2,1-2H3,(H2,26,27,29,30)/t19-,20-. The van der Waals surface area contributed by atoms with Crippen LogP contribution < -0.4 is 5.32 Å². The van der Waals surface area contributed by atoms with Crippen LogP contribution in [-0.2, 0) is 17.1 Å². The van der Waals surface area contributed by atoms with Crippen molar-refractivity contribution in [3.8, 4) is 11.1 Å². The van der Waals surface area contributed by atoms with Crippen LogP contribution >= 0.6 is 0 Å². The van der Waals surface area contributed by atoms with Gasteiger partial charge in [-0.2, -0.15) is 9.40 Å². The molecule has 1 aliphatic carbocycles. The van der Waals surface area contributed by atoms with Gasteiger partial charge in [-0.1, -0.05) is 6.07 Å². The van der Waals surface area contributed by atoms with E-state index in [0.717, 1.165) is 77.7 Å². The maximum Gasteiger partial charge on any atom is 0.211 e. The van der Waals surface area contributed by atoms with Crippen LogP contribution in [0.1, 0.15) is 25.7 Å². The number of nitrogens with one attached hydrogen (secondary N) is 2. The number of anilines is 1. The summed E-state index contributed by atoms with van der Waals surface area (Å²) in [4.78, 5) is 15.0. The van der Waals surface area contributed by atoms with Crippen LogP contribution in [0, 0.1) is 0 Å². The van der Waals surface area contributed by atoms with Gasteiger partial charge in [-0.05, 0) is 43.4 Å². The number of aromatic nitrogens is 5. The zero-order chi connectivity index (χ0) is 24.9. The van der Waals surface area contributed by atoms with Crippen molar-refractivity contribution < 1.29 is 8.42 Å². The lowest BCUT2D eigenvalue weighted by molar-refractivity contribution is 0.109. The van der Waals surface area contributed by atoms with Gasteiger partial charge in [-0.3, -0.25) is 9.58 Å². The number of H-pyrrole nitrogens is 1. The molecule has 11 heteroatoms. The zero-order valence-corrected chi connectivity index (χ0v) is 21.5. The fourth-order valence-corrected chi connectivity index (χ4v) is 6.59. The predicted octanol–water partition coefficient (Wildman–Crippen LogP) is 2.81. The molecule has 3 aromatic heterocycles. The maximum atomic E-state index is 11.8. The highest BCUT2D eigenvalue weighted by atomic mass is 32.2. The minimum atomic E-state index is -3.09. The second kappa shape index (κ2) is 9.13. The summed E-state index contributed by atoms with van der Waals surface area (Å²) in [7, 11) is -1.17. The Balaban J connectivity index is 1.17. The second-order valence-electron chi connectivity index (χ2n) is 10.1. The van der Waals surface area contributed by atoms with E-state index in [2.05, 4.69) is 48.5 Å². The van der Waals surface area contributed by atoms with Crippen LogP contribution in [0.2, 0.25) is 0 Å². The second-order valence-corrected chi connectivity index (χ2v) is 12.1. The molecule has 36 heavy (non-hydrogen) atoms. The number of sulfonamides is 1. The van der Waals surface area contributed by atoms with Gasteiger partial charge in [0.05, 0.1) is 17.8 Å². The van der Waals surface area contributed by atoms with Crippen LogP contribution in [0.4, 0.5) is 5.82 Å². The Bertz CT molecular complexity index is 1500.